The first kappa shape index (κ1) is 22.4. The van der Waals surface area contributed by atoms with E-state index in [1.807, 2.05) is 48.2 Å². The van der Waals surface area contributed by atoms with Crippen LogP contribution in [0.15, 0.2) is 51.7 Å². The van der Waals surface area contributed by atoms with Gasteiger partial charge in [-0.1, -0.05) is 0 Å². The molecule has 1 amide bonds. The molecule has 1 aliphatic heterocycles. The van der Waals surface area contributed by atoms with E-state index in [9.17, 15) is 9.59 Å². The van der Waals surface area contributed by atoms with Crippen LogP contribution in [-0.2, 0) is 11.2 Å². The van der Waals surface area contributed by atoms with Gasteiger partial charge in [-0.15, -0.1) is 0 Å². The molecule has 0 atom stereocenters. The van der Waals surface area contributed by atoms with E-state index in [0.717, 1.165) is 36.1 Å². The van der Waals surface area contributed by atoms with Gasteiger partial charge in [0, 0.05) is 55.3 Å². The molecule has 0 aliphatic carbocycles. The number of benzene rings is 2. The van der Waals surface area contributed by atoms with Gasteiger partial charge in [-0.25, -0.2) is 4.79 Å². The quantitative estimate of drug-likeness (QED) is 0.557. The van der Waals surface area contributed by atoms with Crippen molar-refractivity contribution in [2.24, 2.45) is 0 Å². The Labute approximate surface area is 192 Å². The fourth-order valence-electron chi connectivity index (χ4n) is 4.35. The summed E-state index contributed by atoms with van der Waals surface area (Å²) in [6, 6.07) is 15.1. The molecule has 0 unspecified atom stereocenters. The minimum atomic E-state index is -0.399. The van der Waals surface area contributed by atoms with E-state index in [1.165, 1.54) is 0 Å². The van der Waals surface area contributed by atoms with Crippen molar-refractivity contribution in [1.82, 2.24) is 4.90 Å². The first-order chi connectivity index (χ1) is 16.0. The highest BCUT2D eigenvalue weighted by molar-refractivity contribution is 5.83. The molecule has 0 saturated carbocycles. The Hall–Kier alpha value is -3.79. The third kappa shape index (κ3) is 4.85. The number of aryl methyl sites for hydroxylation is 1. The molecule has 33 heavy (non-hydrogen) atoms. The number of hydrogen-bond acceptors (Lipinski definition) is 6. The number of carbonyl (C=O) groups excluding carboxylic acids is 1. The first-order valence-electron chi connectivity index (χ1n) is 11.1. The van der Waals surface area contributed by atoms with Gasteiger partial charge in [-0.2, -0.15) is 5.26 Å². The molecule has 4 rings (SSSR count). The standard InChI is InChI=1S/C26H27N3O4/c1-18-22-9-8-21(32-2)16-24(22)33-26(31)23(18)10-11-25(30)29-13-3-12-28(14-15-29)20-6-4-19(17-27)5-7-20/h4-9,16H,3,10-15H2,1-2H3. The molecule has 0 bridgehead atoms. The maximum atomic E-state index is 12.9. The minimum Gasteiger partial charge on any atom is -0.497 e. The summed E-state index contributed by atoms with van der Waals surface area (Å²) >= 11 is 0. The summed E-state index contributed by atoms with van der Waals surface area (Å²) in [6.07, 6.45) is 1.49. The van der Waals surface area contributed by atoms with Crippen LogP contribution in [0.25, 0.3) is 11.0 Å². The molecule has 0 radical (unpaired) electrons. The Kier molecular flexibility index (Phi) is 6.64. The van der Waals surface area contributed by atoms with Gasteiger partial charge in [0.1, 0.15) is 11.3 Å². The maximum absolute atomic E-state index is 12.9. The zero-order valence-electron chi connectivity index (χ0n) is 19.0. The van der Waals surface area contributed by atoms with E-state index >= 15 is 0 Å². The Balaban J connectivity index is 1.41. The summed E-state index contributed by atoms with van der Waals surface area (Å²) in [5, 5.41) is 9.83. The van der Waals surface area contributed by atoms with Crippen LogP contribution in [-0.4, -0.2) is 44.1 Å². The highest BCUT2D eigenvalue weighted by Crippen LogP contribution is 2.25. The Morgan fingerprint density at radius 1 is 1.12 bits per heavy atom. The summed E-state index contributed by atoms with van der Waals surface area (Å²) in [5.41, 5.74) is 3.18. The normalized spacial score (nSPS) is 14.1. The Morgan fingerprint density at radius 2 is 1.91 bits per heavy atom. The number of nitrogens with zero attached hydrogens (tertiary/aromatic N) is 3. The predicted octanol–water partition coefficient (Wildman–Crippen LogP) is 3.65. The number of hydrogen-bond donors (Lipinski definition) is 0. The topological polar surface area (TPSA) is 86.8 Å². The van der Waals surface area contributed by atoms with Crippen molar-refractivity contribution in [2.45, 2.75) is 26.2 Å². The molecule has 1 aliphatic rings. The van der Waals surface area contributed by atoms with Crippen LogP contribution in [0.3, 0.4) is 0 Å². The summed E-state index contributed by atoms with van der Waals surface area (Å²) in [7, 11) is 1.57. The number of amides is 1. The largest absolute Gasteiger partial charge is 0.497 e. The summed E-state index contributed by atoms with van der Waals surface area (Å²) in [6.45, 7) is 4.80. The van der Waals surface area contributed by atoms with Gasteiger partial charge in [0.15, 0.2) is 0 Å². The lowest BCUT2D eigenvalue weighted by atomic mass is 10.0. The van der Waals surface area contributed by atoms with Crippen molar-refractivity contribution < 1.29 is 13.9 Å². The summed E-state index contributed by atoms with van der Waals surface area (Å²) < 4.78 is 10.7. The predicted molar refractivity (Wildman–Crippen MR) is 127 cm³/mol. The van der Waals surface area contributed by atoms with Crippen LogP contribution >= 0.6 is 0 Å². The van der Waals surface area contributed by atoms with E-state index in [-0.39, 0.29) is 12.3 Å². The number of anilines is 1. The zero-order valence-corrected chi connectivity index (χ0v) is 19.0. The number of ether oxygens (including phenoxy) is 1. The molecule has 2 aromatic carbocycles. The third-order valence-electron chi connectivity index (χ3n) is 6.29. The SMILES string of the molecule is COc1ccc2c(C)c(CCC(=O)N3CCCN(c4ccc(C#N)cc4)CC3)c(=O)oc2c1. The zero-order chi connectivity index (χ0) is 23.4. The number of carbonyl (C=O) groups is 1. The Morgan fingerprint density at radius 3 is 2.64 bits per heavy atom. The number of fused-ring (bicyclic) bond motifs is 1. The minimum absolute atomic E-state index is 0.0466. The molecule has 0 spiro atoms. The maximum Gasteiger partial charge on any atom is 0.339 e. The van der Waals surface area contributed by atoms with Crippen LogP contribution in [0, 0.1) is 18.3 Å². The van der Waals surface area contributed by atoms with Crippen molar-refractivity contribution in [3.63, 3.8) is 0 Å². The molecule has 170 valence electrons. The van der Waals surface area contributed by atoms with Crippen molar-refractivity contribution in [2.75, 3.05) is 38.2 Å². The molecule has 1 fully saturated rings. The van der Waals surface area contributed by atoms with Gasteiger partial charge in [-0.3, -0.25) is 4.79 Å². The first-order valence-corrected chi connectivity index (χ1v) is 11.1. The van der Waals surface area contributed by atoms with E-state index in [2.05, 4.69) is 11.0 Å². The second kappa shape index (κ2) is 9.78. The molecular formula is C26H27N3O4. The molecule has 7 nitrogen and oxygen atoms in total. The van der Waals surface area contributed by atoms with E-state index < -0.39 is 5.63 Å². The molecule has 1 saturated heterocycles. The van der Waals surface area contributed by atoms with Crippen LogP contribution in [0.4, 0.5) is 5.69 Å². The van der Waals surface area contributed by atoms with E-state index in [0.29, 0.717) is 42.0 Å². The highest BCUT2D eigenvalue weighted by atomic mass is 16.5. The van der Waals surface area contributed by atoms with Gasteiger partial charge in [0.2, 0.25) is 5.91 Å². The molecule has 1 aromatic heterocycles. The molecule has 3 aromatic rings. The lowest BCUT2D eigenvalue weighted by Gasteiger charge is -2.24. The van der Waals surface area contributed by atoms with Crippen molar-refractivity contribution in [3.05, 3.63) is 69.6 Å². The molecule has 7 heteroatoms. The second-order valence-corrected chi connectivity index (χ2v) is 8.24. The monoisotopic (exact) mass is 445 g/mol. The van der Waals surface area contributed by atoms with Gasteiger partial charge in [-0.05, 0) is 61.7 Å². The van der Waals surface area contributed by atoms with Crippen LogP contribution in [0.5, 0.6) is 5.75 Å². The fourth-order valence-corrected chi connectivity index (χ4v) is 4.35. The second-order valence-electron chi connectivity index (χ2n) is 8.24. The lowest BCUT2D eigenvalue weighted by Crippen LogP contribution is -2.35. The van der Waals surface area contributed by atoms with Crippen LogP contribution < -0.4 is 15.3 Å². The number of rotatable bonds is 5. The van der Waals surface area contributed by atoms with Crippen LogP contribution in [0.1, 0.15) is 29.5 Å². The van der Waals surface area contributed by atoms with Crippen molar-refractivity contribution in [1.29, 1.82) is 5.26 Å². The fraction of sp³-hybridized carbons (Fsp3) is 0.346. The average molecular weight is 446 g/mol. The summed E-state index contributed by atoms with van der Waals surface area (Å²) in [5.74, 6) is 0.675. The van der Waals surface area contributed by atoms with Crippen LogP contribution in [0.2, 0.25) is 0 Å². The number of methoxy groups -OCH3 is 1. The van der Waals surface area contributed by atoms with Gasteiger partial charge in [0.25, 0.3) is 0 Å². The third-order valence-corrected chi connectivity index (χ3v) is 6.29. The van der Waals surface area contributed by atoms with Gasteiger partial charge < -0.3 is 19.0 Å². The molecular weight excluding hydrogens is 418 g/mol. The lowest BCUT2D eigenvalue weighted by molar-refractivity contribution is -0.130. The highest BCUT2D eigenvalue weighted by Gasteiger charge is 2.21. The smallest absolute Gasteiger partial charge is 0.339 e. The van der Waals surface area contributed by atoms with Gasteiger partial charge in [0.05, 0.1) is 18.7 Å². The average Bonchev–Trinajstić information content (AvgIpc) is 3.10. The van der Waals surface area contributed by atoms with E-state index in [4.69, 9.17) is 14.4 Å². The van der Waals surface area contributed by atoms with Gasteiger partial charge >= 0.3 is 5.63 Å². The van der Waals surface area contributed by atoms with Crippen molar-refractivity contribution in [3.8, 4) is 11.8 Å². The molecule has 2 heterocycles. The van der Waals surface area contributed by atoms with E-state index in [1.54, 1.807) is 13.2 Å². The number of nitriles is 1. The summed E-state index contributed by atoms with van der Waals surface area (Å²) in [4.78, 5) is 29.6. The van der Waals surface area contributed by atoms with Crippen molar-refractivity contribution >= 4 is 22.6 Å². The Bertz CT molecular complexity index is 1260. The molecule has 0 N–H and O–H groups in total.